The number of sulfone groups is 1. The average molecular weight is 463 g/mol. The third-order valence-electron chi connectivity index (χ3n) is 5.52. The monoisotopic (exact) mass is 462 g/mol. The molecule has 0 saturated carbocycles. The van der Waals surface area contributed by atoms with E-state index in [-0.39, 0.29) is 19.6 Å². The molecule has 1 unspecified atom stereocenters. The van der Waals surface area contributed by atoms with Crippen molar-refractivity contribution in [3.8, 4) is 16.9 Å². The molecular weight excluding hydrogens is 436 g/mol. The number of benzene rings is 2. The molecule has 0 spiro atoms. The fraction of sp³-hybridized carbons (Fsp3) is 0.364. The Bertz CT molecular complexity index is 1080. The second-order valence-corrected chi connectivity index (χ2v) is 10.2. The number of hydrogen-bond donors (Lipinski definition) is 3. The molecule has 1 heterocycles. The number of carbonyl (C=O) groups is 1. The third kappa shape index (κ3) is 5.09. The van der Waals surface area contributed by atoms with Gasteiger partial charge in [0.15, 0.2) is 14.6 Å². The predicted octanol–water partition coefficient (Wildman–Crippen LogP) is 1.92. The number of oxime groups is 1. The van der Waals surface area contributed by atoms with Crippen LogP contribution in [0.25, 0.3) is 11.1 Å². The minimum atomic E-state index is -3.81. The molecule has 1 aliphatic heterocycles. The molecule has 1 aliphatic rings. The van der Waals surface area contributed by atoms with Crippen molar-refractivity contribution in [2.45, 2.75) is 30.6 Å². The molecule has 3 rings (SSSR count). The molecular formula is C22H26N2O7S. The van der Waals surface area contributed by atoms with E-state index in [9.17, 15) is 13.2 Å². The second-order valence-electron chi connectivity index (χ2n) is 7.79. The van der Waals surface area contributed by atoms with Crippen molar-refractivity contribution in [2.75, 3.05) is 19.5 Å². The maximum Gasteiger partial charge on any atom is 0.264 e. The molecule has 10 heteroatoms. The maximum absolute atomic E-state index is 12.2. The van der Waals surface area contributed by atoms with Crippen LogP contribution in [0, 0.1) is 0 Å². The normalized spacial score (nSPS) is 17.8. The van der Waals surface area contributed by atoms with Crippen LogP contribution in [-0.2, 0) is 19.5 Å². The van der Waals surface area contributed by atoms with Gasteiger partial charge < -0.3 is 14.7 Å². The number of amides is 1. The molecule has 0 fully saturated rings. The van der Waals surface area contributed by atoms with E-state index < -0.39 is 26.6 Å². The number of rotatable bonds is 9. The van der Waals surface area contributed by atoms with Gasteiger partial charge in [0.2, 0.25) is 0 Å². The first-order valence-electron chi connectivity index (χ1n) is 9.99. The number of aliphatic hydroxyl groups excluding tert-OH is 1. The molecule has 9 nitrogen and oxygen atoms in total. The Balaban J connectivity index is 1.67. The van der Waals surface area contributed by atoms with Crippen LogP contribution < -0.4 is 10.2 Å². The highest BCUT2D eigenvalue weighted by atomic mass is 32.2. The highest BCUT2D eigenvalue weighted by molar-refractivity contribution is 7.92. The molecule has 3 N–H and O–H groups in total. The smallest absolute Gasteiger partial charge is 0.264 e. The van der Waals surface area contributed by atoms with E-state index in [1.165, 1.54) is 12.4 Å². The largest absolute Gasteiger partial charge is 0.491 e. The Kier molecular flexibility index (Phi) is 7.17. The van der Waals surface area contributed by atoms with Gasteiger partial charge in [-0.15, -0.1) is 0 Å². The van der Waals surface area contributed by atoms with Gasteiger partial charge in [-0.1, -0.05) is 41.6 Å². The van der Waals surface area contributed by atoms with Crippen LogP contribution in [0.1, 0.15) is 25.3 Å². The van der Waals surface area contributed by atoms with Gasteiger partial charge in [0, 0.05) is 19.1 Å². The minimum Gasteiger partial charge on any atom is -0.491 e. The Morgan fingerprint density at radius 3 is 2.25 bits per heavy atom. The second kappa shape index (κ2) is 9.68. The van der Waals surface area contributed by atoms with E-state index in [1.54, 1.807) is 0 Å². The fourth-order valence-corrected chi connectivity index (χ4v) is 4.31. The molecule has 32 heavy (non-hydrogen) atoms. The summed E-state index contributed by atoms with van der Waals surface area (Å²) in [6.45, 7) is 1.46. The molecule has 172 valence electrons. The van der Waals surface area contributed by atoms with E-state index in [0.717, 1.165) is 22.9 Å². The molecule has 0 aliphatic carbocycles. The fourth-order valence-electron chi connectivity index (χ4n) is 3.44. The Morgan fingerprint density at radius 2 is 1.72 bits per heavy atom. The molecule has 1 amide bonds. The highest BCUT2D eigenvalue weighted by Gasteiger charge is 2.47. The van der Waals surface area contributed by atoms with Gasteiger partial charge in [-0.25, -0.2) is 13.9 Å². The van der Waals surface area contributed by atoms with Crippen LogP contribution in [0.15, 0.2) is 53.7 Å². The van der Waals surface area contributed by atoms with Gasteiger partial charge in [-0.2, -0.15) is 0 Å². The SMILES string of the molecule is CC(C[C@H]1CC(c2ccc(-c3ccc(OCCO)cc3)cc2)=NO1)(C(=O)NO)S(C)(=O)=O. The van der Waals surface area contributed by atoms with Crippen molar-refractivity contribution in [2.24, 2.45) is 5.16 Å². The zero-order valence-electron chi connectivity index (χ0n) is 17.8. The predicted molar refractivity (Wildman–Crippen MR) is 118 cm³/mol. The summed E-state index contributed by atoms with van der Waals surface area (Å²) in [5.41, 5.74) is 4.89. The van der Waals surface area contributed by atoms with Crippen LogP contribution in [0.4, 0.5) is 0 Å². The summed E-state index contributed by atoms with van der Waals surface area (Å²) in [6.07, 6.45) is 0.519. The lowest BCUT2D eigenvalue weighted by molar-refractivity contribution is -0.132. The van der Waals surface area contributed by atoms with Crippen molar-refractivity contribution in [1.82, 2.24) is 5.48 Å². The van der Waals surface area contributed by atoms with Gasteiger partial charge in [0.05, 0.1) is 12.3 Å². The van der Waals surface area contributed by atoms with E-state index >= 15 is 0 Å². The number of hydrogen-bond acceptors (Lipinski definition) is 8. The van der Waals surface area contributed by atoms with E-state index in [0.29, 0.717) is 17.9 Å². The van der Waals surface area contributed by atoms with Crippen molar-refractivity contribution >= 4 is 21.5 Å². The van der Waals surface area contributed by atoms with Gasteiger partial charge in [0.1, 0.15) is 18.5 Å². The summed E-state index contributed by atoms with van der Waals surface area (Å²) in [5.74, 6) is -0.326. The molecule has 2 aromatic rings. The lowest BCUT2D eigenvalue weighted by atomic mass is 9.95. The first kappa shape index (κ1) is 23.7. The zero-order chi connectivity index (χ0) is 23.4. The Hall–Kier alpha value is -2.95. The molecule has 2 atom stereocenters. The standard InChI is InChI=1S/C22H26N2O7S/c1-22(21(26)23-27,32(2,28)29)14-19-13-20(24-31-19)17-5-3-15(4-6-17)16-7-9-18(10-8-16)30-12-11-25/h3-10,19,25,27H,11-14H2,1-2H3,(H,23,26)/t19-,22?/m1/s1. The summed E-state index contributed by atoms with van der Waals surface area (Å²) < 4.78 is 27.8. The van der Waals surface area contributed by atoms with Gasteiger partial charge in [-0.3, -0.25) is 10.0 Å². The number of carbonyl (C=O) groups excluding carboxylic acids is 1. The topological polar surface area (TPSA) is 135 Å². The summed E-state index contributed by atoms with van der Waals surface area (Å²) in [6, 6.07) is 15.2. The molecule has 0 saturated heterocycles. The van der Waals surface area contributed by atoms with Crippen molar-refractivity contribution in [3.05, 3.63) is 54.1 Å². The maximum atomic E-state index is 12.2. The van der Waals surface area contributed by atoms with Gasteiger partial charge >= 0.3 is 0 Å². The van der Waals surface area contributed by atoms with Crippen LogP contribution in [0.2, 0.25) is 0 Å². The summed E-state index contributed by atoms with van der Waals surface area (Å²) in [7, 11) is -3.81. The van der Waals surface area contributed by atoms with Crippen LogP contribution >= 0.6 is 0 Å². The zero-order valence-corrected chi connectivity index (χ0v) is 18.6. The summed E-state index contributed by atoms with van der Waals surface area (Å²) in [5, 5.41) is 21.9. The summed E-state index contributed by atoms with van der Waals surface area (Å²) in [4.78, 5) is 17.4. The van der Waals surface area contributed by atoms with E-state index in [4.69, 9.17) is 19.9 Å². The quantitative estimate of drug-likeness (QED) is 0.383. The van der Waals surface area contributed by atoms with Gasteiger partial charge in [-0.05, 0) is 35.7 Å². The Morgan fingerprint density at radius 1 is 1.16 bits per heavy atom. The number of aliphatic hydroxyl groups is 1. The minimum absolute atomic E-state index is 0.0419. The number of nitrogens with one attached hydrogen (secondary N) is 1. The molecule has 0 radical (unpaired) electrons. The van der Waals surface area contributed by atoms with E-state index in [2.05, 4.69) is 5.16 Å². The lowest BCUT2D eigenvalue weighted by Gasteiger charge is -2.26. The van der Waals surface area contributed by atoms with Crippen LogP contribution in [-0.4, -0.2) is 60.7 Å². The molecule has 0 bridgehead atoms. The third-order valence-corrected chi connectivity index (χ3v) is 7.51. The van der Waals surface area contributed by atoms with Crippen molar-refractivity contribution in [1.29, 1.82) is 0 Å². The average Bonchev–Trinajstić information content (AvgIpc) is 3.25. The number of hydroxylamine groups is 1. The van der Waals surface area contributed by atoms with E-state index in [1.807, 2.05) is 48.5 Å². The number of ether oxygens (including phenoxy) is 1. The van der Waals surface area contributed by atoms with Crippen LogP contribution in [0.5, 0.6) is 5.75 Å². The lowest BCUT2D eigenvalue weighted by Crippen LogP contribution is -2.51. The first-order valence-corrected chi connectivity index (χ1v) is 11.9. The molecule has 0 aromatic heterocycles. The molecule has 2 aromatic carbocycles. The first-order chi connectivity index (χ1) is 15.2. The Labute approximate surface area is 186 Å². The van der Waals surface area contributed by atoms with Gasteiger partial charge in [0.25, 0.3) is 5.91 Å². The highest BCUT2D eigenvalue weighted by Crippen LogP contribution is 2.30. The number of nitrogens with zero attached hydrogens (tertiary/aromatic N) is 1. The van der Waals surface area contributed by atoms with Crippen molar-refractivity contribution < 1.29 is 33.1 Å². The van der Waals surface area contributed by atoms with Crippen LogP contribution in [0.3, 0.4) is 0 Å². The summed E-state index contributed by atoms with van der Waals surface area (Å²) >= 11 is 0. The van der Waals surface area contributed by atoms with Crippen molar-refractivity contribution in [3.63, 3.8) is 0 Å².